The van der Waals surface area contributed by atoms with Crippen LogP contribution in [0, 0.1) is 5.82 Å². The average molecular weight is 237 g/mol. The number of nitrogens with one attached hydrogen (secondary N) is 1. The van der Waals surface area contributed by atoms with Gasteiger partial charge in [-0.2, -0.15) is 0 Å². The molecular formula is C14H20FNO. The van der Waals surface area contributed by atoms with Crippen LogP contribution in [0.4, 0.5) is 4.39 Å². The summed E-state index contributed by atoms with van der Waals surface area (Å²) in [6.45, 7) is 2.99. The molecule has 0 saturated heterocycles. The Hall–Kier alpha value is -1.09. The van der Waals surface area contributed by atoms with Crippen molar-refractivity contribution in [2.75, 3.05) is 13.7 Å². The van der Waals surface area contributed by atoms with Crippen molar-refractivity contribution in [3.63, 3.8) is 0 Å². The minimum Gasteiger partial charge on any atom is -0.497 e. The zero-order valence-electron chi connectivity index (χ0n) is 10.6. The largest absolute Gasteiger partial charge is 0.497 e. The van der Waals surface area contributed by atoms with Crippen LogP contribution in [0.3, 0.4) is 0 Å². The number of ether oxygens (including phenoxy) is 1. The van der Waals surface area contributed by atoms with Gasteiger partial charge in [0.1, 0.15) is 11.6 Å². The van der Waals surface area contributed by atoms with Gasteiger partial charge in [0.25, 0.3) is 0 Å². The van der Waals surface area contributed by atoms with Crippen molar-refractivity contribution in [2.24, 2.45) is 0 Å². The quantitative estimate of drug-likeness (QED) is 0.815. The number of halogens is 1. The van der Waals surface area contributed by atoms with E-state index in [1.807, 2.05) is 6.07 Å². The van der Waals surface area contributed by atoms with Crippen molar-refractivity contribution in [1.29, 1.82) is 0 Å². The highest BCUT2D eigenvalue weighted by Gasteiger charge is 2.21. The Morgan fingerprint density at radius 2 is 2.24 bits per heavy atom. The van der Waals surface area contributed by atoms with Gasteiger partial charge < -0.3 is 10.1 Å². The summed E-state index contributed by atoms with van der Waals surface area (Å²) in [5.74, 6) is 0.496. The number of hydrogen-bond donors (Lipinski definition) is 1. The van der Waals surface area contributed by atoms with E-state index in [1.165, 1.54) is 6.07 Å². The highest BCUT2D eigenvalue weighted by Crippen LogP contribution is 2.33. The summed E-state index contributed by atoms with van der Waals surface area (Å²) in [6.07, 6.45) is 4.13. The molecule has 0 fully saturated rings. The van der Waals surface area contributed by atoms with Gasteiger partial charge in [-0.1, -0.05) is 13.3 Å². The second-order valence-electron chi connectivity index (χ2n) is 4.53. The molecule has 1 aromatic carbocycles. The lowest BCUT2D eigenvalue weighted by Crippen LogP contribution is -2.21. The van der Waals surface area contributed by atoms with E-state index in [1.54, 1.807) is 7.11 Å². The molecule has 1 unspecified atom stereocenters. The summed E-state index contributed by atoms with van der Waals surface area (Å²) in [6, 6.07) is 3.74. The van der Waals surface area contributed by atoms with Crippen LogP contribution in [0.5, 0.6) is 5.75 Å². The van der Waals surface area contributed by atoms with Crippen LogP contribution < -0.4 is 10.1 Å². The van der Waals surface area contributed by atoms with Crippen molar-refractivity contribution in [2.45, 2.75) is 38.6 Å². The zero-order chi connectivity index (χ0) is 12.3. The Bertz CT molecular complexity index is 392. The van der Waals surface area contributed by atoms with Gasteiger partial charge in [-0.25, -0.2) is 4.39 Å². The Labute approximate surface area is 102 Å². The lowest BCUT2D eigenvalue weighted by Gasteiger charge is -2.19. The van der Waals surface area contributed by atoms with Crippen LogP contribution in [0.15, 0.2) is 12.1 Å². The number of fused-ring (bicyclic) bond motifs is 1. The van der Waals surface area contributed by atoms with Crippen LogP contribution in [0.1, 0.15) is 43.4 Å². The smallest absolute Gasteiger partial charge is 0.130 e. The molecule has 0 heterocycles. The predicted octanol–water partition coefficient (Wildman–Crippen LogP) is 3.21. The van der Waals surface area contributed by atoms with E-state index in [2.05, 4.69) is 12.2 Å². The van der Waals surface area contributed by atoms with E-state index < -0.39 is 0 Å². The number of methoxy groups -OCH3 is 1. The van der Waals surface area contributed by atoms with Gasteiger partial charge in [-0.3, -0.25) is 0 Å². The molecule has 1 aromatic rings. The number of hydrogen-bond acceptors (Lipinski definition) is 2. The zero-order valence-corrected chi connectivity index (χ0v) is 10.6. The fourth-order valence-corrected chi connectivity index (χ4v) is 2.59. The minimum absolute atomic E-state index is 0.121. The second kappa shape index (κ2) is 5.50. The highest BCUT2D eigenvalue weighted by molar-refractivity contribution is 5.39. The lowest BCUT2D eigenvalue weighted by molar-refractivity contribution is 0.408. The molecule has 1 atom stereocenters. The van der Waals surface area contributed by atoms with Crippen LogP contribution in [-0.2, 0) is 6.42 Å². The Balaban J connectivity index is 2.43. The molecule has 0 spiro atoms. The highest BCUT2D eigenvalue weighted by atomic mass is 19.1. The third kappa shape index (κ3) is 2.60. The van der Waals surface area contributed by atoms with Crippen LogP contribution in [-0.4, -0.2) is 13.7 Å². The second-order valence-corrected chi connectivity index (χ2v) is 4.53. The first-order valence-electron chi connectivity index (χ1n) is 6.36. The van der Waals surface area contributed by atoms with Crippen LogP contribution in [0.2, 0.25) is 0 Å². The molecule has 1 aliphatic carbocycles. The van der Waals surface area contributed by atoms with Gasteiger partial charge in [-0.05, 0) is 43.0 Å². The molecular weight excluding hydrogens is 217 g/mol. The predicted molar refractivity (Wildman–Crippen MR) is 66.9 cm³/mol. The maximum Gasteiger partial charge on any atom is 0.130 e. The molecule has 1 N–H and O–H groups in total. The summed E-state index contributed by atoms with van der Waals surface area (Å²) in [5.41, 5.74) is 1.95. The first-order chi connectivity index (χ1) is 8.26. The maximum absolute atomic E-state index is 14.0. The molecule has 0 aromatic heterocycles. The van der Waals surface area contributed by atoms with Gasteiger partial charge in [-0.15, -0.1) is 0 Å². The fraction of sp³-hybridized carbons (Fsp3) is 0.571. The maximum atomic E-state index is 14.0. The summed E-state index contributed by atoms with van der Waals surface area (Å²) >= 11 is 0. The Morgan fingerprint density at radius 3 is 2.94 bits per heavy atom. The van der Waals surface area contributed by atoms with E-state index in [0.29, 0.717) is 5.75 Å². The van der Waals surface area contributed by atoms with Crippen LogP contribution >= 0.6 is 0 Å². The summed E-state index contributed by atoms with van der Waals surface area (Å²) < 4.78 is 19.2. The molecule has 0 saturated carbocycles. The van der Waals surface area contributed by atoms with Gasteiger partial charge in [0, 0.05) is 12.1 Å². The van der Waals surface area contributed by atoms with E-state index in [4.69, 9.17) is 4.74 Å². The first-order valence-corrected chi connectivity index (χ1v) is 6.36. The van der Waals surface area contributed by atoms with Gasteiger partial charge in [0.05, 0.1) is 7.11 Å². The van der Waals surface area contributed by atoms with E-state index in [-0.39, 0.29) is 11.9 Å². The SMILES string of the molecule is CCNC1CCCCc2c(F)cc(OC)cc21. The molecule has 0 radical (unpaired) electrons. The number of rotatable bonds is 3. The molecule has 0 aliphatic heterocycles. The third-order valence-corrected chi connectivity index (χ3v) is 3.43. The Morgan fingerprint density at radius 1 is 1.41 bits per heavy atom. The van der Waals surface area contributed by atoms with Gasteiger partial charge in [0.15, 0.2) is 0 Å². The average Bonchev–Trinajstić information content (AvgIpc) is 2.53. The third-order valence-electron chi connectivity index (χ3n) is 3.43. The van der Waals surface area contributed by atoms with Crippen molar-refractivity contribution in [1.82, 2.24) is 5.32 Å². The Kier molecular flexibility index (Phi) is 4.00. The summed E-state index contributed by atoms with van der Waals surface area (Å²) in [5, 5.41) is 3.44. The summed E-state index contributed by atoms with van der Waals surface area (Å²) in [4.78, 5) is 0. The van der Waals surface area contributed by atoms with Gasteiger partial charge in [0.2, 0.25) is 0 Å². The lowest BCUT2D eigenvalue weighted by atomic mass is 9.98. The van der Waals surface area contributed by atoms with E-state index >= 15 is 0 Å². The molecule has 1 aliphatic rings. The molecule has 17 heavy (non-hydrogen) atoms. The molecule has 2 rings (SSSR count). The number of benzene rings is 1. The fourth-order valence-electron chi connectivity index (χ4n) is 2.59. The molecule has 94 valence electrons. The van der Waals surface area contributed by atoms with Crippen molar-refractivity contribution in [3.05, 3.63) is 29.1 Å². The van der Waals surface area contributed by atoms with Crippen molar-refractivity contribution >= 4 is 0 Å². The van der Waals surface area contributed by atoms with Crippen molar-refractivity contribution < 1.29 is 9.13 Å². The monoisotopic (exact) mass is 237 g/mol. The van der Waals surface area contributed by atoms with Gasteiger partial charge >= 0.3 is 0 Å². The minimum atomic E-state index is -0.121. The molecule has 2 nitrogen and oxygen atoms in total. The first kappa shape index (κ1) is 12.4. The molecule has 0 amide bonds. The van der Waals surface area contributed by atoms with Crippen LogP contribution in [0.25, 0.3) is 0 Å². The molecule has 0 bridgehead atoms. The molecule has 3 heteroatoms. The van der Waals surface area contributed by atoms with Crippen molar-refractivity contribution in [3.8, 4) is 5.75 Å². The topological polar surface area (TPSA) is 21.3 Å². The van der Waals surface area contributed by atoms with E-state index in [9.17, 15) is 4.39 Å². The summed E-state index contributed by atoms with van der Waals surface area (Å²) in [7, 11) is 1.58. The normalized spacial score (nSPS) is 19.6. The van der Waals surface area contributed by atoms with E-state index in [0.717, 1.165) is 43.4 Å². The standard InChI is InChI=1S/C14H20FNO/c1-3-16-14-7-5-4-6-11-12(14)8-10(17-2)9-13(11)15/h8-9,14,16H,3-7H2,1-2H3.